The van der Waals surface area contributed by atoms with Crippen LogP contribution < -0.4 is 0 Å². The van der Waals surface area contributed by atoms with Gasteiger partial charge < -0.3 is 4.48 Å². The summed E-state index contributed by atoms with van der Waals surface area (Å²) in [4.78, 5) is 0. The van der Waals surface area contributed by atoms with Crippen LogP contribution in [0, 0.1) is 11.8 Å². The van der Waals surface area contributed by atoms with Crippen molar-refractivity contribution in [3.8, 4) is 0 Å². The van der Waals surface area contributed by atoms with E-state index in [0.717, 1.165) is 16.3 Å². The van der Waals surface area contributed by atoms with E-state index in [1.165, 1.54) is 25.9 Å². The minimum Gasteiger partial charge on any atom is -0.328 e. The van der Waals surface area contributed by atoms with Gasteiger partial charge >= 0.3 is 0 Å². The van der Waals surface area contributed by atoms with E-state index >= 15 is 0 Å². The van der Waals surface area contributed by atoms with Crippen LogP contribution in [0.1, 0.15) is 12.8 Å². The molecular weight excluding hydrogens is 158 g/mol. The van der Waals surface area contributed by atoms with E-state index in [2.05, 4.69) is 39.4 Å². The van der Waals surface area contributed by atoms with Gasteiger partial charge in [-0.05, 0) is 12.8 Å². The summed E-state index contributed by atoms with van der Waals surface area (Å²) >= 11 is 0. The van der Waals surface area contributed by atoms with Crippen molar-refractivity contribution in [2.24, 2.45) is 11.8 Å². The fraction of sp³-hybridized carbons (Fsp3) is 0.667. The zero-order valence-corrected chi connectivity index (χ0v) is 9.00. The molecule has 0 aliphatic carbocycles. The zero-order valence-electron chi connectivity index (χ0n) is 9.00. The van der Waals surface area contributed by atoms with Crippen LogP contribution >= 0.6 is 0 Å². The highest BCUT2D eigenvalue weighted by atomic mass is 15.3. The predicted molar refractivity (Wildman–Crippen MR) is 58.5 cm³/mol. The molecule has 0 bridgehead atoms. The zero-order chi connectivity index (χ0) is 9.90. The number of hydrogen-bond acceptors (Lipinski definition) is 0. The van der Waals surface area contributed by atoms with Gasteiger partial charge in [0.15, 0.2) is 0 Å². The number of quaternary nitrogens is 1. The molecule has 1 heteroatoms. The summed E-state index contributed by atoms with van der Waals surface area (Å²) in [5.41, 5.74) is 0. The number of rotatable bonds is 4. The Morgan fingerprint density at radius 3 is 1.77 bits per heavy atom. The standard InChI is InChI=1S/C12H22N/c1-5-7-11-9-13(3,4)10-12(11)8-6-2/h5-6,11-12H,1-2,7-10H2,3-4H3/q+1. The second-order valence-corrected chi connectivity index (χ2v) is 4.87. The Balaban J connectivity index is 2.59. The maximum Gasteiger partial charge on any atom is 0.0819 e. The number of allylic oxidation sites excluding steroid dienone is 2. The summed E-state index contributed by atoms with van der Waals surface area (Å²) in [7, 11) is 4.64. The molecule has 0 saturated carbocycles. The topological polar surface area (TPSA) is 0 Å². The number of hydrogen-bond donors (Lipinski definition) is 0. The Morgan fingerprint density at radius 2 is 1.46 bits per heavy atom. The van der Waals surface area contributed by atoms with Crippen LogP contribution in [-0.4, -0.2) is 31.7 Å². The van der Waals surface area contributed by atoms with Gasteiger partial charge in [0.2, 0.25) is 0 Å². The van der Waals surface area contributed by atoms with Crippen molar-refractivity contribution < 1.29 is 4.48 Å². The second kappa shape index (κ2) is 4.10. The lowest BCUT2D eigenvalue weighted by Gasteiger charge is -2.23. The molecule has 74 valence electrons. The van der Waals surface area contributed by atoms with Crippen molar-refractivity contribution in [2.75, 3.05) is 27.2 Å². The molecule has 2 atom stereocenters. The van der Waals surface area contributed by atoms with E-state index in [-0.39, 0.29) is 0 Å². The molecule has 1 rings (SSSR count). The van der Waals surface area contributed by atoms with Crippen LogP contribution in [0.4, 0.5) is 0 Å². The summed E-state index contributed by atoms with van der Waals surface area (Å²) < 4.78 is 1.16. The molecule has 2 unspecified atom stereocenters. The van der Waals surface area contributed by atoms with Gasteiger partial charge in [-0.25, -0.2) is 0 Å². The van der Waals surface area contributed by atoms with Crippen LogP contribution in [0.25, 0.3) is 0 Å². The molecule has 1 aliphatic rings. The summed E-state index contributed by atoms with van der Waals surface area (Å²) in [6.45, 7) is 10.3. The Morgan fingerprint density at radius 1 is 1.08 bits per heavy atom. The summed E-state index contributed by atoms with van der Waals surface area (Å²) in [6.07, 6.45) is 6.46. The van der Waals surface area contributed by atoms with Crippen LogP contribution in [0.2, 0.25) is 0 Å². The van der Waals surface area contributed by atoms with E-state index < -0.39 is 0 Å². The molecule has 0 N–H and O–H groups in total. The van der Waals surface area contributed by atoms with E-state index in [4.69, 9.17) is 0 Å². The lowest BCUT2D eigenvalue weighted by Crippen LogP contribution is -2.36. The molecule has 1 aliphatic heterocycles. The van der Waals surface area contributed by atoms with Crippen molar-refractivity contribution in [3.63, 3.8) is 0 Å². The summed E-state index contributed by atoms with van der Waals surface area (Å²) in [5, 5.41) is 0. The molecule has 1 nitrogen and oxygen atoms in total. The monoisotopic (exact) mass is 180 g/mol. The molecule has 1 heterocycles. The fourth-order valence-electron chi connectivity index (χ4n) is 2.60. The van der Waals surface area contributed by atoms with E-state index in [9.17, 15) is 0 Å². The Bertz CT molecular complexity index is 173. The molecule has 0 aromatic rings. The Labute approximate surface area is 82.3 Å². The van der Waals surface area contributed by atoms with Gasteiger partial charge in [0.25, 0.3) is 0 Å². The van der Waals surface area contributed by atoms with Gasteiger partial charge in [-0.2, -0.15) is 0 Å². The highest BCUT2D eigenvalue weighted by molar-refractivity contribution is 4.86. The average molecular weight is 180 g/mol. The first kappa shape index (κ1) is 10.5. The smallest absolute Gasteiger partial charge is 0.0819 e. The summed E-state index contributed by atoms with van der Waals surface area (Å²) in [6, 6.07) is 0. The average Bonchev–Trinajstić information content (AvgIpc) is 2.28. The van der Waals surface area contributed by atoms with Crippen molar-refractivity contribution >= 4 is 0 Å². The molecule has 0 radical (unpaired) electrons. The van der Waals surface area contributed by atoms with Crippen molar-refractivity contribution in [3.05, 3.63) is 25.3 Å². The third-order valence-corrected chi connectivity index (χ3v) is 3.06. The van der Waals surface area contributed by atoms with E-state index in [1.54, 1.807) is 0 Å². The van der Waals surface area contributed by atoms with Crippen LogP contribution in [0.5, 0.6) is 0 Å². The normalized spacial score (nSPS) is 31.5. The second-order valence-electron chi connectivity index (χ2n) is 4.87. The molecule has 1 saturated heterocycles. The van der Waals surface area contributed by atoms with E-state index in [1.807, 2.05) is 0 Å². The summed E-state index contributed by atoms with van der Waals surface area (Å²) in [5.74, 6) is 1.65. The van der Waals surface area contributed by atoms with Gasteiger partial charge in [0.05, 0.1) is 27.2 Å². The molecule has 13 heavy (non-hydrogen) atoms. The van der Waals surface area contributed by atoms with Gasteiger partial charge in [0.1, 0.15) is 0 Å². The first-order chi connectivity index (χ1) is 6.09. The van der Waals surface area contributed by atoms with Gasteiger partial charge in [-0.15, -0.1) is 13.2 Å². The molecule has 0 aromatic carbocycles. The van der Waals surface area contributed by atoms with Gasteiger partial charge in [-0.3, -0.25) is 0 Å². The fourth-order valence-corrected chi connectivity index (χ4v) is 2.60. The van der Waals surface area contributed by atoms with Crippen molar-refractivity contribution in [1.29, 1.82) is 0 Å². The lowest BCUT2D eigenvalue weighted by atomic mass is 9.90. The Hall–Kier alpha value is -0.560. The van der Waals surface area contributed by atoms with Crippen LogP contribution in [0.15, 0.2) is 25.3 Å². The third kappa shape index (κ3) is 2.70. The largest absolute Gasteiger partial charge is 0.328 e. The number of likely N-dealkylation sites (tertiary alicyclic amines) is 1. The first-order valence-electron chi connectivity index (χ1n) is 5.13. The minimum atomic E-state index is 0.825. The molecular formula is C12H22N+. The van der Waals surface area contributed by atoms with Crippen molar-refractivity contribution in [1.82, 2.24) is 0 Å². The van der Waals surface area contributed by atoms with Crippen molar-refractivity contribution in [2.45, 2.75) is 12.8 Å². The highest BCUT2D eigenvalue weighted by Crippen LogP contribution is 2.31. The predicted octanol–water partition coefficient (Wildman–Crippen LogP) is 2.46. The molecule has 0 aromatic heterocycles. The SMILES string of the molecule is C=CCC1C[N+](C)(C)CC1CC=C. The maximum atomic E-state index is 3.83. The van der Waals surface area contributed by atoms with Crippen LogP contribution in [0.3, 0.4) is 0 Å². The maximum absolute atomic E-state index is 3.83. The molecule has 1 fully saturated rings. The first-order valence-corrected chi connectivity index (χ1v) is 5.13. The van der Waals surface area contributed by atoms with Gasteiger partial charge in [-0.1, -0.05) is 12.2 Å². The third-order valence-electron chi connectivity index (χ3n) is 3.06. The quantitative estimate of drug-likeness (QED) is 0.460. The molecule has 0 spiro atoms. The van der Waals surface area contributed by atoms with Crippen LogP contribution in [-0.2, 0) is 0 Å². The highest BCUT2D eigenvalue weighted by Gasteiger charge is 2.38. The van der Waals surface area contributed by atoms with E-state index in [0.29, 0.717) is 0 Å². The number of nitrogens with zero attached hydrogens (tertiary/aromatic N) is 1. The Kier molecular flexibility index (Phi) is 3.32. The van der Waals surface area contributed by atoms with Gasteiger partial charge in [0, 0.05) is 11.8 Å². The minimum absolute atomic E-state index is 0.825. The lowest BCUT2D eigenvalue weighted by molar-refractivity contribution is -0.880. The molecule has 0 amide bonds.